The summed E-state index contributed by atoms with van der Waals surface area (Å²) in [6, 6.07) is 7.37. The Morgan fingerprint density at radius 1 is 1.14 bits per heavy atom. The fourth-order valence-corrected chi connectivity index (χ4v) is 5.64. The first kappa shape index (κ1) is 27.9. The van der Waals surface area contributed by atoms with E-state index in [4.69, 9.17) is 4.74 Å². The van der Waals surface area contributed by atoms with E-state index < -0.39 is 10.0 Å². The summed E-state index contributed by atoms with van der Waals surface area (Å²) in [7, 11) is -2.23. The number of aryl methyl sites for hydroxylation is 2. The zero-order valence-electron chi connectivity index (χ0n) is 21.6. The minimum atomic E-state index is -3.77. The van der Waals surface area contributed by atoms with Crippen LogP contribution >= 0.6 is 0 Å². The molecule has 0 bridgehead atoms. The SMILES string of the molecule is C=C/C(=C\C=C\N1CCN(c2ccncc2)CC1)NC(=O)CCNS(=O)(=O)c1c(C)cc(OC)cc1C. The fraction of sp³-hybridized carbons (Fsp3) is 0.333. The number of anilines is 1. The van der Waals surface area contributed by atoms with Crippen molar-refractivity contribution in [2.75, 3.05) is 44.7 Å². The zero-order chi connectivity index (χ0) is 26.8. The van der Waals surface area contributed by atoms with Crippen LogP contribution in [0.5, 0.6) is 5.75 Å². The molecular formula is C27H35N5O4S. The standard InChI is InChI=1S/C27H35N5O4S/c1-5-23(7-6-14-31-15-17-32(18-16-31)24-8-11-28-12-9-24)30-26(33)10-13-29-37(34,35)27-21(2)19-25(36-4)20-22(27)3/h5-9,11-12,14,19-20,29H,1,10,13,15-18H2,2-4H3,(H,30,33)/b14-6+,23-7+. The summed E-state index contributed by atoms with van der Waals surface area (Å²) in [6.45, 7) is 10.7. The van der Waals surface area contributed by atoms with E-state index in [-0.39, 0.29) is 23.8 Å². The Morgan fingerprint density at radius 3 is 2.38 bits per heavy atom. The van der Waals surface area contributed by atoms with Gasteiger partial charge in [-0.2, -0.15) is 0 Å². The molecule has 1 fully saturated rings. The first-order valence-electron chi connectivity index (χ1n) is 12.1. The summed E-state index contributed by atoms with van der Waals surface area (Å²) in [4.78, 5) is 21.2. The number of hydrogen-bond donors (Lipinski definition) is 2. The molecule has 2 N–H and O–H groups in total. The fourth-order valence-electron chi connectivity index (χ4n) is 4.16. The minimum Gasteiger partial charge on any atom is -0.497 e. The van der Waals surface area contributed by atoms with Crippen LogP contribution in [0.25, 0.3) is 0 Å². The third-order valence-corrected chi connectivity index (χ3v) is 7.77. The van der Waals surface area contributed by atoms with Crippen molar-refractivity contribution in [3.8, 4) is 5.75 Å². The lowest BCUT2D eigenvalue weighted by molar-refractivity contribution is -0.120. The number of amides is 1. The topological polar surface area (TPSA) is 104 Å². The molecule has 1 aliphatic heterocycles. The second kappa shape index (κ2) is 13.1. The van der Waals surface area contributed by atoms with Crippen molar-refractivity contribution in [2.45, 2.75) is 25.2 Å². The molecule has 3 rings (SSSR count). The normalized spacial score (nSPS) is 14.6. The van der Waals surface area contributed by atoms with Gasteiger partial charge in [0.15, 0.2) is 0 Å². The number of aromatic nitrogens is 1. The van der Waals surface area contributed by atoms with Gasteiger partial charge in [0.2, 0.25) is 15.9 Å². The maximum absolute atomic E-state index is 12.8. The molecule has 1 aliphatic rings. The van der Waals surface area contributed by atoms with Gasteiger partial charge in [-0.25, -0.2) is 13.1 Å². The molecule has 1 aromatic carbocycles. The molecule has 9 nitrogen and oxygen atoms in total. The molecule has 2 heterocycles. The third-order valence-electron chi connectivity index (χ3n) is 6.00. The van der Waals surface area contributed by atoms with E-state index in [1.165, 1.54) is 12.8 Å². The highest BCUT2D eigenvalue weighted by Crippen LogP contribution is 2.25. The van der Waals surface area contributed by atoms with Crippen LogP contribution in [0.1, 0.15) is 17.5 Å². The summed E-state index contributed by atoms with van der Waals surface area (Å²) in [5.41, 5.74) is 2.88. The predicted molar refractivity (Wildman–Crippen MR) is 146 cm³/mol. The molecule has 1 amide bonds. The number of nitrogens with zero attached hydrogens (tertiary/aromatic N) is 3. The van der Waals surface area contributed by atoms with Gasteiger partial charge in [0, 0.05) is 62.9 Å². The van der Waals surface area contributed by atoms with Crippen LogP contribution in [0.2, 0.25) is 0 Å². The van der Waals surface area contributed by atoms with E-state index in [2.05, 4.69) is 31.4 Å². The highest BCUT2D eigenvalue weighted by molar-refractivity contribution is 7.89. The first-order chi connectivity index (χ1) is 17.7. The molecule has 198 valence electrons. The number of rotatable bonds is 11. The number of pyridine rings is 1. The quantitative estimate of drug-likeness (QED) is 0.435. The van der Waals surface area contributed by atoms with Crippen molar-refractivity contribution in [3.05, 3.63) is 84.5 Å². The van der Waals surface area contributed by atoms with Crippen LogP contribution in [0, 0.1) is 13.8 Å². The number of piperazine rings is 1. The van der Waals surface area contributed by atoms with Gasteiger partial charge in [-0.1, -0.05) is 6.58 Å². The molecule has 1 saturated heterocycles. The van der Waals surface area contributed by atoms with Gasteiger partial charge in [-0.3, -0.25) is 9.78 Å². The molecular weight excluding hydrogens is 490 g/mol. The average molecular weight is 526 g/mol. The van der Waals surface area contributed by atoms with Crippen LogP contribution in [0.3, 0.4) is 0 Å². The largest absolute Gasteiger partial charge is 0.497 e. The number of ether oxygens (including phenoxy) is 1. The number of hydrogen-bond acceptors (Lipinski definition) is 7. The second-order valence-corrected chi connectivity index (χ2v) is 10.4. The van der Waals surface area contributed by atoms with Crippen molar-refractivity contribution < 1.29 is 17.9 Å². The van der Waals surface area contributed by atoms with E-state index >= 15 is 0 Å². The minimum absolute atomic E-state index is 0.0145. The van der Waals surface area contributed by atoms with Gasteiger partial charge < -0.3 is 19.9 Å². The van der Waals surface area contributed by atoms with Crippen molar-refractivity contribution in [2.24, 2.45) is 0 Å². The molecule has 0 unspecified atom stereocenters. The molecule has 1 aromatic heterocycles. The number of sulfonamides is 1. The molecule has 0 radical (unpaired) electrons. The van der Waals surface area contributed by atoms with E-state index in [0.29, 0.717) is 22.6 Å². The Bertz CT molecular complexity index is 1230. The van der Waals surface area contributed by atoms with Gasteiger partial charge in [0.05, 0.1) is 12.0 Å². The lowest BCUT2D eigenvalue weighted by atomic mass is 10.1. The lowest BCUT2D eigenvalue weighted by Crippen LogP contribution is -2.44. The average Bonchev–Trinajstić information content (AvgIpc) is 2.88. The van der Waals surface area contributed by atoms with Crippen LogP contribution < -0.4 is 19.7 Å². The van der Waals surface area contributed by atoms with Gasteiger partial charge in [0.1, 0.15) is 5.75 Å². The second-order valence-electron chi connectivity index (χ2n) is 8.68. The number of allylic oxidation sites excluding steroid dienone is 3. The van der Waals surface area contributed by atoms with Crippen molar-refractivity contribution in [1.29, 1.82) is 0 Å². The third kappa shape index (κ3) is 7.93. The first-order valence-corrected chi connectivity index (χ1v) is 13.6. The van der Waals surface area contributed by atoms with Crippen molar-refractivity contribution in [3.63, 3.8) is 0 Å². The molecule has 0 aliphatic carbocycles. The van der Waals surface area contributed by atoms with E-state index in [9.17, 15) is 13.2 Å². The smallest absolute Gasteiger partial charge is 0.241 e. The van der Waals surface area contributed by atoms with E-state index in [1.54, 1.807) is 50.5 Å². The van der Waals surface area contributed by atoms with Crippen LogP contribution in [-0.4, -0.2) is 64.0 Å². The van der Waals surface area contributed by atoms with E-state index in [1.807, 2.05) is 24.4 Å². The molecule has 2 aromatic rings. The number of carbonyl (C=O) groups is 1. The highest BCUT2D eigenvalue weighted by atomic mass is 32.2. The van der Waals surface area contributed by atoms with Gasteiger partial charge >= 0.3 is 0 Å². The van der Waals surface area contributed by atoms with Crippen LogP contribution in [-0.2, 0) is 14.8 Å². The molecule has 0 spiro atoms. The zero-order valence-corrected chi connectivity index (χ0v) is 22.4. The Hall–Kier alpha value is -3.63. The molecule has 10 heteroatoms. The predicted octanol–water partition coefficient (Wildman–Crippen LogP) is 2.90. The monoisotopic (exact) mass is 525 g/mol. The Morgan fingerprint density at radius 2 is 1.78 bits per heavy atom. The Labute approximate surface area is 219 Å². The molecule has 37 heavy (non-hydrogen) atoms. The number of carbonyl (C=O) groups excluding carboxylic acids is 1. The summed E-state index contributed by atoms with van der Waals surface area (Å²) < 4.78 is 33.3. The van der Waals surface area contributed by atoms with Crippen LogP contribution in [0.15, 0.2) is 78.3 Å². The molecule has 0 atom stereocenters. The van der Waals surface area contributed by atoms with Crippen molar-refractivity contribution in [1.82, 2.24) is 19.9 Å². The summed E-state index contributed by atoms with van der Waals surface area (Å²) in [5, 5.41) is 2.77. The maximum Gasteiger partial charge on any atom is 0.241 e. The number of nitrogens with one attached hydrogen (secondary N) is 2. The van der Waals surface area contributed by atoms with Gasteiger partial charge in [-0.15, -0.1) is 0 Å². The van der Waals surface area contributed by atoms with Crippen molar-refractivity contribution >= 4 is 21.6 Å². The van der Waals surface area contributed by atoms with Gasteiger partial charge in [0.25, 0.3) is 0 Å². The molecule has 0 saturated carbocycles. The van der Waals surface area contributed by atoms with Crippen LogP contribution in [0.4, 0.5) is 5.69 Å². The summed E-state index contributed by atoms with van der Waals surface area (Å²) in [6.07, 6.45) is 10.8. The van der Waals surface area contributed by atoms with Gasteiger partial charge in [-0.05, 0) is 73.7 Å². The number of benzene rings is 1. The number of methoxy groups -OCH3 is 1. The van der Waals surface area contributed by atoms with E-state index in [0.717, 1.165) is 26.2 Å². The summed E-state index contributed by atoms with van der Waals surface area (Å²) >= 11 is 0. The maximum atomic E-state index is 12.8. The highest BCUT2D eigenvalue weighted by Gasteiger charge is 2.20. The lowest BCUT2D eigenvalue weighted by Gasteiger charge is -2.35. The summed E-state index contributed by atoms with van der Waals surface area (Å²) in [5.74, 6) is 0.287. The Balaban J connectivity index is 1.46. The Kier molecular flexibility index (Phi) is 9.87.